The number of carbonyl (C=O) groups is 1. The van der Waals surface area contributed by atoms with Crippen LogP contribution in [0.1, 0.15) is 10.4 Å². The molecule has 7 heteroatoms. The molecular formula is C11H10BrClN4O. The monoisotopic (exact) mass is 328 g/mol. The molecule has 0 radical (unpaired) electrons. The molecule has 0 unspecified atom stereocenters. The third-order valence-corrected chi connectivity index (χ3v) is 3.17. The molecule has 18 heavy (non-hydrogen) atoms. The molecule has 0 fully saturated rings. The van der Waals surface area contributed by atoms with E-state index in [1.165, 1.54) is 0 Å². The highest BCUT2D eigenvalue weighted by molar-refractivity contribution is 9.10. The Kier molecular flexibility index (Phi) is 4.33. The van der Waals surface area contributed by atoms with Crippen molar-refractivity contribution in [1.82, 2.24) is 20.3 Å². The Morgan fingerprint density at radius 3 is 3.00 bits per heavy atom. The second-order valence-electron chi connectivity index (χ2n) is 3.55. The second kappa shape index (κ2) is 5.97. The number of benzene rings is 1. The third-order valence-electron chi connectivity index (χ3n) is 2.27. The highest BCUT2D eigenvalue weighted by Gasteiger charge is 2.09. The summed E-state index contributed by atoms with van der Waals surface area (Å²) in [6.45, 7) is 1.06. The molecule has 0 aliphatic carbocycles. The van der Waals surface area contributed by atoms with E-state index in [-0.39, 0.29) is 5.91 Å². The zero-order chi connectivity index (χ0) is 13.0. The highest BCUT2D eigenvalue weighted by atomic mass is 79.9. The van der Waals surface area contributed by atoms with Crippen molar-refractivity contribution in [3.63, 3.8) is 0 Å². The fraction of sp³-hybridized carbons (Fsp3) is 0.182. The molecule has 0 saturated carbocycles. The number of aromatic nitrogens is 3. The van der Waals surface area contributed by atoms with E-state index < -0.39 is 0 Å². The standard InChI is InChI=1S/C11H10BrClN4O/c12-10-7-8(13)1-2-9(10)11(18)14-3-5-17-6-4-15-16-17/h1-2,4,6-7H,3,5H2,(H,14,18). The Morgan fingerprint density at radius 2 is 2.33 bits per heavy atom. The quantitative estimate of drug-likeness (QED) is 0.935. The summed E-state index contributed by atoms with van der Waals surface area (Å²) in [4.78, 5) is 11.9. The Morgan fingerprint density at radius 1 is 1.50 bits per heavy atom. The molecule has 0 bridgehead atoms. The van der Waals surface area contributed by atoms with Gasteiger partial charge in [0.2, 0.25) is 0 Å². The van der Waals surface area contributed by atoms with Crippen LogP contribution in [0, 0.1) is 0 Å². The van der Waals surface area contributed by atoms with Gasteiger partial charge in [0.1, 0.15) is 0 Å². The smallest absolute Gasteiger partial charge is 0.252 e. The Labute approximate surface area is 117 Å². The number of nitrogens with zero attached hydrogens (tertiary/aromatic N) is 3. The molecule has 2 rings (SSSR count). The average Bonchev–Trinajstić information content (AvgIpc) is 2.81. The van der Waals surface area contributed by atoms with Crippen LogP contribution in [0.4, 0.5) is 0 Å². The van der Waals surface area contributed by atoms with E-state index in [0.717, 1.165) is 0 Å². The summed E-state index contributed by atoms with van der Waals surface area (Å²) < 4.78 is 2.32. The SMILES string of the molecule is O=C(NCCn1ccnn1)c1ccc(Cl)cc1Br. The van der Waals surface area contributed by atoms with Gasteiger partial charge in [-0.15, -0.1) is 5.10 Å². The number of hydrogen-bond donors (Lipinski definition) is 1. The minimum absolute atomic E-state index is 0.154. The number of rotatable bonds is 4. The molecular weight excluding hydrogens is 320 g/mol. The minimum atomic E-state index is -0.154. The van der Waals surface area contributed by atoms with E-state index in [2.05, 4.69) is 31.6 Å². The van der Waals surface area contributed by atoms with Gasteiger partial charge >= 0.3 is 0 Å². The lowest BCUT2D eigenvalue weighted by Crippen LogP contribution is -2.27. The van der Waals surface area contributed by atoms with Gasteiger partial charge in [-0.3, -0.25) is 9.48 Å². The van der Waals surface area contributed by atoms with Crippen molar-refractivity contribution in [2.45, 2.75) is 6.54 Å². The van der Waals surface area contributed by atoms with Crippen molar-refractivity contribution in [1.29, 1.82) is 0 Å². The fourth-order valence-electron chi connectivity index (χ4n) is 1.40. The van der Waals surface area contributed by atoms with Crippen molar-refractivity contribution in [2.75, 3.05) is 6.54 Å². The number of nitrogens with one attached hydrogen (secondary N) is 1. The first-order valence-corrected chi connectivity index (χ1v) is 6.41. The van der Waals surface area contributed by atoms with E-state index in [1.807, 2.05) is 0 Å². The molecule has 0 saturated heterocycles. The Balaban J connectivity index is 1.91. The van der Waals surface area contributed by atoms with Crippen molar-refractivity contribution in [3.05, 3.63) is 45.7 Å². The molecule has 1 heterocycles. The number of amides is 1. The lowest BCUT2D eigenvalue weighted by atomic mass is 10.2. The normalized spacial score (nSPS) is 10.3. The van der Waals surface area contributed by atoms with Crippen LogP contribution in [-0.4, -0.2) is 27.4 Å². The lowest BCUT2D eigenvalue weighted by Gasteiger charge is -2.07. The summed E-state index contributed by atoms with van der Waals surface area (Å²) in [5.74, 6) is -0.154. The zero-order valence-corrected chi connectivity index (χ0v) is 11.6. The van der Waals surface area contributed by atoms with E-state index in [0.29, 0.717) is 28.1 Å². The maximum absolute atomic E-state index is 11.9. The summed E-state index contributed by atoms with van der Waals surface area (Å²) in [5.41, 5.74) is 0.554. The molecule has 1 aromatic carbocycles. The van der Waals surface area contributed by atoms with Crippen LogP contribution < -0.4 is 5.32 Å². The molecule has 1 aromatic heterocycles. The van der Waals surface area contributed by atoms with Crippen LogP contribution in [0.15, 0.2) is 35.1 Å². The van der Waals surface area contributed by atoms with Crippen LogP contribution in [0.5, 0.6) is 0 Å². The molecule has 0 spiro atoms. The van der Waals surface area contributed by atoms with Gasteiger partial charge in [0.15, 0.2) is 0 Å². The molecule has 2 aromatic rings. The van der Waals surface area contributed by atoms with Crippen LogP contribution in [0.2, 0.25) is 5.02 Å². The summed E-state index contributed by atoms with van der Waals surface area (Å²) >= 11 is 9.12. The molecule has 0 atom stereocenters. The predicted octanol–water partition coefficient (Wildman–Crippen LogP) is 2.12. The minimum Gasteiger partial charge on any atom is -0.350 e. The second-order valence-corrected chi connectivity index (χ2v) is 4.84. The van der Waals surface area contributed by atoms with Crippen LogP contribution in [0.25, 0.3) is 0 Å². The lowest BCUT2D eigenvalue weighted by molar-refractivity contribution is 0.0951. The van der Waals surface area contributed by atoms with E-state index in [9.17, 15) is 4.79 Å². The zero-order valence-electron chi connectivity index (χ0n) is 9.31. The average molecular weight is 330 g/mol. The fourth-order valence-corrected chi connectivity index (χ4v) is 2.27. The molecule has 1 N–H and O–H groups in total. The number of carbonyl (C=O) groups excluding carboxylic acids is 1. The Bertz CT molecular complexity index is 544. The van der Waals surface area contributed by atoms with Gasteiger partial charge in [0, 0.05) is 22.2 Å². The van der Waals surface area contributed by atoms with E-state index in [1.54, 1.807) is 35.3 Å². The summed E-state index contributed by atoms with van der Waals surface area (Å²) in [7, 11) is 0. The van der Waals surface area contributed by atoms with Crippen LogP contribution in [0.3, 0.4) is 0 Å². The summed E-state index contributed by atoms with van der Waals surface area (Å²) in [5, 5.41) is 10.9. The van der Waals surface area contributed by atoms with E-state index >= 15 is 0 Å². The summed E-state index contributed by atoms with van der Waals surface area (Å²) in [6.07, 6.45) is 3.34. The molecule has 0 aliphatic rings. The first kappa shape index (κ1) is 13.0. The van der Waals surface area contributed by atoms with Gasteiger partial charge in [-0.05, 0) is 34.1 Å². The molecule has 94 valence electrons. The van der Waals surface area contributed by atoms with Gasteiger partial charge in [0.25, 0.3) is 5.91 Å². The van der Waals surface area contributed by atoms with Crippen molar-refractivity contribution < 1.29 is 4.79 Å². The maximum atomic E-state index is 11.9. The van der Waals surface area contributed by atoms with Gasteiger partial charge in [-0.2, -0.15) is 0 Å². The predicted molar refractivity (Wildman–Crippen MR) is 71.5 cm³/mol. The largest absolute Gasteiger partial charge is 0.350 e. The molecule has 1 amide bonds. The van der Waals surface area contributed by atoms with Crippen molar-refractivity contribution in [2.24, 2.45) is 0 Å². The van der Waals surface area contributed by atoms with Gasteiger partial charge < -0.3 is 5.32 Å². The van der Waals surface area contributed by atoms with Crippen molar-refractivity contribution in [3.8, 4) is 0 Å². The van der Waals surface area contributed by atoms with Gasteiger partial charge in [-0.25, -0.2) is 0 Å². The van der Waals surface area contributed by atoms with Gasteiger partial charge in [-0.1, -0.05) is 16.8 Å². The number of hydrogen-bond acceptors (Lipinski definition) is 3. The maximum Gasteiger partial charge on any atom is 0.252 e. The van der Waals surface area contributed by atoms with Crippen molar-refractivity contribution >= 4 is 33.4 Å². The summed E-state index contributed by atoms with van der Waals surface area (Å²) in [6, 6.07) is 5.05. The molecule has 0 aliphatic heterocycles. The first-order valence-electron chi connectivity index (χ1n) is 5.24. The highest BCUT2D eigenvalue weighted by Crippen LogP contribution is 2.21. The topological polar surface area (TPSA) is 59.8 Å². The number of halogens is 2. The Hall–Kier alpha value is -1.40. The first-order chi connectivity index (χ1) is 8.66. The third kappa shape index (κ3) is 3.30. The van der Waals surface area contributed by atoms with Crippen LogP contribution in [-0.2, 0) is 6.54 Å². The molecule has 5 nitrogen and oxygen atoms in total. The van der Waals surface area contributed by atoms with E-state index in [4.69, 9.17) is 11.6 Å². The van der Waals surface area contributed by atoms with Gasteiger partial charge in [0.05, 0.1) is 18.3 Å². The van der Waals surface area contributed by atoms with Crippen LogP contribution >= 0.6 is 27.5 Å².